The van der Waals surface area contributed by atoms with Crippen molar-refractivity contribution in [1.82, 2.24) is 5.32 Å². The van der Waals surface area contributed by atoms with E-state index in [9.17, 15) is 18.7 Å². The van der Waals surface area contributed by atoms with Crippen molar-refractivity contribution in [3.05, 3.63) is 70.8 Å². The number of aliphatic hydroxyl groups is 1. The second-order valence-corrected chi connectivity index (χ2v) is 4.71. The monoisotopic (exact) mass is 291 g/mol. The summed E-state index contributed by atoms with van der Waals surface area (Å²) in [7, 11) is 0. The standard InChI is InChI=1S/C16H15F2NO2/c1-10-4-2-3-5-12(10)16(21)19-9-15(20)11-6-7-13(17)14(18)8-11/h2-8,15,20H,9H2,1H3,(H,19,21)/t15-/m0/s1. The summed E-state index contributed by atoms with van der Waals surface area (Å²) in [4.78, 5) is 12.0. The van der Waals surface area contributed by atoms with Crippen molar-refractivity contribution in [2.45, 2.75) is 13.0 Å². The predicted molar refractivity (Wildman–Crippen MR) is 74.8 cm³/mol. The number of hydrogen-bond donors (Lipinski definition) is 2. The van der Waals surface area contributed by atoms with Gasteiger partial charge in [0.2, 0.25) is 0 Å². The molecule has 2 N–H and O–H groups in total. The van der Waals surface area contributed by atoms with Crippen LogP contribution in [-0.4, -0.2) is 17.6 Å². The topological polar surface area (TPSA) is 49.3 Å². The maximum atomic E-state index is 13.1. The van der Waals surface area contributed by atoms with Crippen LogP contribution in [0, 0.1) is 18.6 Å². The number of benzene rings is 2. The van der Waals surface area contributed by atoms with Crippen molar-refractivity contribution in [1.29, 1.82) is 0 Å². The molecule has 5 heteroatoms. The van der Waals surface area contributed by atoms with E-state index in [1.54, 1.807) is 25.1 Å². The summed E-state index contributed by atoms with van der Waals surface area (Å²) in [6, 6.07) is 10.2. The highest BCUT2D eigenvalue weighted by atomic mass is 19.2. The Labute approximate surface area is 121 Å². The number of carbonyl (C=O) groups is 1. The first-order valence-corrected chi connectivity index (χ1v) is 6.46. The lowest BCUT2D eigenvalue weighted by molar-refractivity contribution is 0.0915. The molecule has 2 aromatic rings. The lowest BCUT2D eigenvalue weighted by Crippen LogP contribution is -2.28. The van der Waals surface area contributed by atoms with Gasteiger partial charge in [0.15, 0.2) is 11.6 Å². The van der Waals surface area contributed by atoms with Gasteiger partial charge < -0.3 is 10.4 Å². The molecular weight excluding hydrogens is 276 g/mol. The normalized spacial score (nSPS) is 12.0. The van der Waals surface area contributed by atoms with Crippen molar-refractivity contribution in [3.8, 4) is 0 Å². The van der Waals surface area contributed by atoms with E-state index in [4.69, 9.17) is 0 Å². The third-order valence-electron chi connectivity index (χ3n) is 3.17. The van der Waals surface area contributed by atoms with Crippen molar-refractivity contribution >= 4 is 5.91 Å². The molecule has 0 unspecified atom stereocenters. The Balaban J connectivity index is 2.01. The average Bonchev–Trinajstić information content (AvgIpc) is 2.47. The Kier molecular flexibility index (Phi) is 4.65. The third kappa shape index (κ3) is 3.64. The summed E-state index contributed by atoms with van der Waals surface area (Å²) in [6.45, 7) is 1.72. The highest BCUT2D eigenvalue weighted by Gasteiger charge is 2.13. The minimum absolute atomic E-state index is 0.0851. The zero-order valence-electron chi connectivity index (χ0n) is 11.4. The Morgan fingerprint density at radius 3 is 2.57 bits per heavy atom. The molecule has 0 spiro atoms. The van der Waals surface area contributed by atoms with E-state index in [1.807, 2.05) is 6.07 Å². The number of hydrogen-bond acceptors (Lipinski definition) is 2. The van der Waals surface area contributed by atoms with Gasteiger partial charge in [-0.05, 0) is 36.2 Å². The molecule has 0 heterocycles. The van der Waals surface area contributed by atoms with Crippen LogP contribution in [0.5, 0.6) is 0 Å². The molecule has 0 saturated heterocycles. The summed E-state index contributed by atoms with van der Waals surface area (Å²) in [5.41, 5.74) is 1.53. The number of rotatable bonds is 4. The molecule has 1 atom stereocenters. The Hall–Kier alpha value is -2.27. The molecule has 1 amide bonds. The van der Waals surface area contributed by atoms with Gasteiger partial charge in [0.25, 0.3) is 5.91 Å². The highest BCUT2D eigenvalue weighted by Crippen LogP contribution is 2.16. The smallest absolute Gasteiger partial charge is 0.251 e. The average molecular weight is 291 g/mol. The molecule has 0 aliphatic carbocycles. The van der Waals surface area contributed by atoms with Crippen LogP contribution in [0.3, 0.4) is 0 Å². The van der Waals surface area contributed by atoms with Crippen LogP contribution in [0.4, 0.5) is 8.78 Å². The number of aryl methyl sites for hydroxylation is 1. The first kappa shape index (κ1) is 15.1. The van der Waals surface area contributed by atoms with Crippen molar-refractivity contribution in [3.63, 3.8) is 0 Å². The van der Waals surface area contributed by atoms with E-state index in [2.05, 4.69) is 5.32 Å². The van der Waals surface area contributed by atoms with E-state index >= 15 is 0 Å². The molecule has 0 bridgehead atoms. The molecule has 0 fully saturated rings. The summed E-state index contributed by atoms with van der Waals surface area (Å²) in [6.07, 6.45) is -1.10. The summed E-state index contributed by atoms with van der Waals surface area (Å²) in [5.74, 6) is -2.33. The molecule has 0 aliphatic heterocycles. The minimum Gasteiger partial charge on any atom is -0.387 e. The van der Waals surface area contributed by atoms with E-state index in [0.29, 0.717) is 5.56 Å². The molecule has 3 nitrogen and oxygen atoms in total. The fraction of sp³-hybridized carbons (Fsp3) is 0.188. The van der Waals surface area contributed by atoms with Gasteiger partial charge in [0.05, 0.1) is 6.10 Å². The fourth-order valence-corrected chi connectivity index (χ4v) is 1.95. The van der Waals surface area contributed by atoms with Crippen LogP contribution in [-0.2, 0) is 0 Å². The van der Waals surface area contributed by atoms with Gasteiger partial charge in [-0.1, -0.05) is 24.3 Å². The van der Waals surface area contributed by atoms with Crippen molar-refractivity contribution in [2.24, 2.45) is 0 Å². The molecule has 0 radical (unpaired) electrons. The highest BCUT2D eigenvalue weighted by molar-refractivity contribution is 5.95. The van der Waals surface area contributed by atoms with E-state index in [-0.39, 0.29) is 18.0 Å². The van der Waals surface area contributed by atoms with Crippen LogP contribution >= 0.6 is 0 Å². The molecule has 110 valence electrons. The summed E-state index contributed by atoms with van der Waals surface area (Å²) >= 11 is 0. The van der Waals surface area contributed by atoms with Gasteiger partial charge in [0, 0.05) is 12.1 Å². The number of nitrogens with one attached hydrogen (secondary N) is 1. The Morgan fingerprint density at radius 2 is 1.90 bits per heavy atom. The second kappa shape index (κ2) is 6.45. The van der Waals surface area contributed by atoms with Crippen LogP contribution in [0.2, 0.25) is 0 Å². The molecule has 2 aromatic carbocycles. The fourth-order valence-electron chi connectivity index (χ4n) is 1.95. The van der Waals surface area contributed by atoms with Gasteiger partial charge in [-0.15, -0.1) is 0 Å². The lowest BCUT2D eigenvalue weighted by atomic mass is 10.1. The van der Waals surface area contributed by atoms with E-state index in [0.717, 1.165) is 17.7 Å². The van der Waals surface area contributed by atoms with Gasteiger partial charge in [-0.2, -0.15) is 0 Å². The second-order valence-electron chi connectivity index (χ2n) is 4.71. The van der Waals surface area contributed by atoms with Gasteiger partial charge in [-0.3, -0.25) is 4.79 Å². The minimum atomic E-state index is -1.10. The first-order valence-electron chi connectivity index (χ1n) is 6.46. The van der Waals surface area contributed by atoms with Crippen molar-refractivity contribution < 1.29 is 18.7 Å². The third-order valence-corrected chi connectivity index (χ3v) is 3.17. The maximum Gasteiger partial charge on any atom is 0.251 e. The molecule has 0 aliphatic rings. The first-order chi connectivity index (χ1) is 9.99. The Morgan fingerprint density at radius 1 is 1.19 bits per heavy atom. The van der Waals surface area contributed by atoms with E-state index < -0.39 is 17.7 Å². The molecule has 21 heavy (non-hydrogen) atoms. The van der Waals surface area contributed by atoms with Crippen LogP contribution in [0.1, 0.15) is 27.6 Å². The number of aliphatic hydroxyl groups excluding tert-OH is 1. The van der Waals surface area contributed by atoms with Crippen molar-refractivity contribution in [2.75, 3.05) is 6.54 Å². The molecule has 2 rings (SSSR count). The summed E-state index contributed by atoms with van der Waals surface area (Å²) < 4.78 is 25.9. The van der Waals surface area contributed by atoms with E-state index in [1.165, 1.54) is 6.07 Å². The lowest BCUT2D eigenvalue weighted by Gasteiger charge is -2.13. The largest absolute Gasteiger partial charge is 0.387 e. The van der Waals surface area contributed by atoms with Gasteiger partial charge >= 0.3 is 0 Å². The number of amides is 1. The summed E-state index contributed by atoms with van der Waals surface area (Å²) in [5, 5.41) is 12.5. The van der Waals surface area contributed by atoms with Gasteiger partial charge in [-0.25, -0.2) is 8.78 Å². The van der Waals surface area contributed by atoms with Gasteiger partial charge in [0.1, 0.15) is 0 Å². The number of halogens is 2. The number of carbonyl (C=O) groups excluding carboxylic acids is 1. The molecule has 0 saturated carbocycles. The zero-order chi connectivity index (χ0) is 15.4. The predicted octanol–water partition coefficient (Wildman–Crippen LogP) is 2.74. The zero-order valence-corrected chi connectivity index (χ0v) is 11.4. The van der Waals surface area contributed by atoms with Crippen LogP contribution < -0.4 is 5.32 Å². The quantitative estimate of drug-likeness (QED) is 0.910. The van der Waals surface area contributed by atoms with Crippen LogP contribution in [0.25, 0.3) is 0 Å². The van der Waals surface area contributed by atoms with Crippen LogP contribution in [0.15, 0.2) is 42.5 Å². The Bertz CT molecular complexity index is 658. The molecular formula is C16H15F2NO2. The maximum absolute atomic E-state index is 13.1. The SMILES string of the molecule is Cc1ccccc1C(=O)NC[C@H](O)c1ccc(F)c(F)c1. The molecule has 0 aromatic heterocycles.